The standard InChI is InChI=1S/C14H16ClNO4/c1-2-3-4-19-9-5-10(12(17)7-15)14-11(6-9)16-13(18)8-20-14/h5-6H,2-4,7-8H2,1H3,(H,16,18). The molecule has 0 aromatic heterocycles. The van der Waals surface area contributed by atoms with E-state index in [-0.39, 0.29) is 24.2 Å². The maximum absolute atomic E-state index is 11.9. The van der Waals surface area contributed by atoms with Gasteiger partial charge in [-0.3, -0.25) is 9.59 Å². The van der Waals surface area contributed by atoms with Crippen LogP contribution in [-0.4, -0.2) is 30.8 Å². The number of benzene rings is 1. The predicted octanol–water partition coefficient (Wildman–Crippen LogP) is 2.62. The van der Waals surface area contributed by atoms with Crippen molar-refractivity contribution in [3.05, 3.63) is 17.7 Å². The molecule has 2 rings (SSSR count). The number of nitrogens with one attached hydrogen (secondary N) is 1. The van der Waals surface area contributed by atoms with Crippen molar-refractivity contribution in [3.63, 3.8) is 0 Å². The molecule has 1 aromatic rings. The summed E-state index contributed by atoms with van der Waals surface area (Å²) in [6, 6.07) is 3.27. The maximum Gasteiger partial charge on any atom is 0.262 e. The van der Waals surface area contributed by atoms with E-state index in [2.05, 4.69) is 12.2 Å². The van der Waals surface area contributed by atoms with Gasteiger partial charge in [0, 0.05) is 6.07 Å². The summed E-state index contributed by atoms with van der Waals surface area (Å²) in [6.07, 6.45) is 1.93. The van der Waals surface area contributed by atoms with Crippen molar-refractivity contribution in [2.45, 2.75) is 19.8 Å². The minimum absolute atomic E-state index is 0.106. The zero-order chi connectivity index (χ0) is 14.5. The lowest BCUT2D eigenvalue weighted by atomic mass is 10.1. The highest BCUT2D eigenvalue weighted by Crippen LogP contribution is 2.36. The van der Waals surface area contributed by atoms with E-state index in [0.717, 1.165) is 12.8 Å². The monoisotopic (exact) mass is 297 g/mol. The second kappa shape index (κ2) is 6.61. The zero-order valence-corrected chi connectivity index (χ0v) is 12.0. The van der Waals surface area contributed by atoms with Crippen LogP contribution < -0.4 is 14.8 Å². The summed E-state index contributed by atoms with van der Waals surface area (Å²) < 4.78 is 10.9. The fourth-order valence-electron chi connectivity index (χ4n) is 1.87. The summed E-state index contributed by atoms with van der Waals surface area (Å²) in [4.78, 5) is 23.2. The molecule has 1 aliphatic rings. The second-order valence-corrected chi connectivity index (χ2v) is 4.71. The van der Waals surface area contributed by atoms with E-state index in [9.17, 15) is 9.59 Å². The van der Waals surface area contributed by atoms with E-state index in [4.69, 9.17) is 21.1 Å². The van der Waals surface area contributed by atoms with Gasteiger partial charge in [-0.05, 0) is 12.5 Å². The third-order valence-corrected chi connectivity index (χ3v) is 3.12. The number of unbranched alkanes of at least 4 members (excludes halogenated alkanes) is 1. The first-order valence-corrected chi connectivity index (χ1v) is 7.01. The van der Waals surface area contributed by atoms with Crippen LogP contribution in [0.5, 0.6) is 11.5 Å². The maximum atomic E-state index is 11.9. The van der Waals surface area contributed by atoms with E-state index in [0.29, 0.717) is 29.4 Å². The molecule has 1 N–H and O–H groups in total. The third-order valence-electron chi connectivity index (χ3n) is 2.87. The number of Topliss-reactive ketones (excluding diaryl/α,β-unsaturated/α-hetero) is 1. The highest BCUT2D eigenvalue weighted by Gasteiger charge is 2.23. The lowest BCUT2D eigenvalue weighted by molar-refractivity contribution is -0.118. The van der Waals surface area contributed by atoms with E-state index >= 15 is 0 Å². The predicted molar refractivity (Wildman–Crippen MR) is 76.0 cm³/mol. The van der Waals surface area contributed by atoms with Crippen LogP contribution in [0, 0.1) is 0 Å². The quantitative estimate of drug-likeness (QED) is 0.498. The van der Waals surface area contributed by atoms with Gasteiger partial charge < -0.3 is 14.8 Å². The number of anilines is 1. The van der Waals surface area contributed by atoms with Gasteiger partial charge in [-0.2, -0.15) is 0 Å². The number of alkyl halides is 1. The van der Waals surface area contributed by atoms with E-state index in [1.807, 2.05) is 0 Å². The second-order valence-electron chi connectivity index (χ2n) is 4.44. The first kappa shape index (κ1) is 14.7. The number of ether oxygens (including phenoxy) is 2. The fourth-order valence-corrected chi connectivity index (χ4v) is 2.02. The molecule has 1 amide bonds. The van der Waals surface area contributed by atoms with Gasteiger partial charge in [0.15, 0.2) is 18.1 Å². The van der Waals surface area contributed by atoms with E-state index in [1.165, 1.54) is 0 Å². The summed E-state index contributed by atoms with van der Waals surface area (Å²) in [6.45, 7) is 2.51. The van der Waals surface area contributed by atoms with Crippen LogP contribution in [0.4, 0.5) is 5.69 Å². The van der Waals surface area contributed by atoms with Gasteiger partial charge in [-0.15, -0.1) is 11.6 Å². The van der Waals surface area contributed by atoms with Crippen LogP contribution in [0.25, 0.3) is 0 Å². The van der Waals surface area contributed by atoms with Crippen LogP contribution in [-0.2, 0) is 4.79 Å². The molecular weight excluding hydrogens is 282 g/mol. The first-order valence-electron chi connectivity index (χ1n) is 6.48. The van der Waals surface area contributed by atoms with Crippen molar-refractivity contribution >= 4 is 29.0 Å². The Hall–Kier alpha value is -1.75. The van der Waals surface area contributed by atoms with Crippen molar-refractivity contribution in [2.75, 3.05) is 24.4 Å². The van der Waals surface area contributed by atoms with Crippen LogP contribution >= 0.6 is 11.6 Å². The van der Waals surface area contributed by atoms with Crippen molar-refractivity contribution in [1.29, 1.82) is 0 Å². The van der Waals surface area contributed by atoms with Gasteiger partial charge in [-0.1, -0.05) is 13.3 Å². The van der Waals surface area contributed by atoms with Gasteiger partial charge in [0.05, 0.1) is 23.7 Å². The minimum atomic E-state index is -0.264. The number of carbonyl (C=O) groups is 2. The lowest BCUT2D eigenvalue weighted by Crippen LogP contribution is -2.26. The lowest BCUT2D eigenvalue weighted by Gasteiger charge is -2.21. The Balaban J connectivity index is 2.33. The van der Waals surface area contributed by atoms with Crippen molar-refractivity contribution in [3.8, 4) is 11.5 Å². The van der Waals surface area contributed by atoms with Gasteiger partial charge in [0.25, 0.3) is 5.91 Å². The summed E-state index contributed by atoms with van der Waals surface area (Å²) in [5.41, 5.74) is 0.785. The van der Waals surface area contributed by atoms with E-state index in [1.54, 1.807) is 12.1 Å². The first-order chi connectivity index (χ1) is 9.65. The molecule has 1 aliphatic heterocycles. The molecule has 0 atom stereocenters. The Morgan fingerprint density at radius 2 is 2.30 bits per heavy atom. The topological polar surface area (TPSA) is 64.6 Å². The highest BCUT2D eigenvalue weighted by atomic mass is 35.5. The summed E-state index contributed by atoms with van der Waals surface area (Å²) in [7, 11) is 0. The molecular formula is C14H16ClNO4. The largest absolute Gasteiger partial charge is 0.493 e. The molecule has 5 nitrogen and oxygen atoms in total. The normalized spacial score (nSPS) is 13.2. The number of fused-ring (bicyclic) bond motifs is 1. The highest BCUT2D eigenvalue weighted by molar-refractivity contribution is 6.31. The van der Waals surface area contributed by atoms with Crippen molar-refractivity contribution in [1.82, 2.24) is 0 Å². The molecule has 0 saturated carbocycles. The third kappa shape index (κ3) is 3.22. The van der Waals surface area contributed by atoms with Gasteiger partial charge in [0.2, 0.25) is 0 Å². The zero-order valence-electron chi connectivity index (χ0n) is 11.2. The van der Waals surface area contributed by atoms with Gasteiger partial charge in [0.1, 0.15) is 5.75 Å². The molecule has 0 unspecified atom stereocenters. The van der Waals surface area contributed by atoms with Crippen molar-refractivity contribution < 1.29 is 19.1 Å². The van der Waals surface area contributed by atoms with Crippen LogP contribution in [0.1, 0.15) is 30.1 Å². The number of hydrogen-bond acceptors (Lipinski definition) is 4. The summed E-state index contributed by atoms with van der Waals surface area (Å²) in [5.74, 6) is 0.212. The fraction of sp³-hybridized carbons (Fsp3) is 0.429. The molecule has 1 heterocycles. The molecule has 6 heteroatoms. The number of ketones is 1. The Kier molecular flexibility index (Phi) is 4.84. The Bertz CT molecular complexity index is 530. The number of halogens is 1. The average Bonchev–Trinajstić information content (AvgIpc) is 2.45. The smallest absolute Gasteiger partial charge is 0.262 e. The van der Waals surface area contributed by atoms with Crippen molar-refractivity contribution in [2.24, 2.45) is 0 Å². The minimum Gasteiger partial charge on any atom is -0.493 e. The summed E-state index contributed by atoms with van der Waals surface area (Å²) >= 11 is 5.60. The van der Waals surface area contributed by atoms with Crippen LogP contribution in [0.15, 0.2) is 12.1 Å². The molecule has 1 aromatic carbocycles. The van der Waals surface area contributed by atoms with E-state index < -0.39 is 0 Å². The van der Waals surface area contributed by atoms with Gasteiger partial charge in [-0.25, -0.2) is 0 Å². The molecule has 0 fully saturated rings. The summed E-state index contributed by atoms with van der Waals surface area (Å²) in [5, 5.41) is 2.67. The molecule has 20 heavy (non-hydrogen) atoms. The molecule has 0 aliphatic carbocycles. The van der Waals surface area contributed by atoms with Crippen LogP contribution in [0.2, 0.25) is 0 Å². The number of carbonyl (C=O) groups excluding carboxylic acids is 2. The number of amides is 1. The number of hydrogen-bond donors (Lipinski definition) is 1. The molecule has 0 radical (unpaired) electrons. The molecule has 0 bridgehead atoms. The molecule has 0 spiro atoms. The molecule has 108 valence electrons. The van der Waals surface area contributed by atoms with Crippen LogP contribution in [0.3, 0.4) is 0 Å². The SMILES string of the molecule is CCCCOc1cc2c(c(C(=O)CCl)c1)OCC(=O)N2. The Labute approximate surface area is 122 Å². The molecule has 0 saturated heterocycles. The average molecular weight is 298 g/mol. The van der Waals surface area contributed by atoms with Gasteiger partial charge >= 0.3 is 0 Å². The Morgan fingerprint density at radius 1 is 1.50 bits per heavy atom. The Morgan fingerprint density at radius 3 is 3.00 bits per heavy atom. The number of rotatable bonds is 6.